The van der Waals surface area contributed by atoms with E-state index in [-0.39, 0.29) is 30.1 Å². The van der Waals surface area contributed by atoms with Crippen LogP contribution in [0.3, 0.4) is 0 Å². The number of para-hydroxylation sites is 2. The van der Waals surface area contributed by atoms with Gasteiger partial charge in [-0.25, -0.2) is 13.8 Å². The molecule has 41 heavy (non-hydrogen) atoms. The number of alkyl halides is 2. The number of morpholine rings is 1. The van der Waals surface area contributed by atoms with Crippen molar-refractivity contribution in [2.75, 3.05) is 86.0 Å². The van der Waals surface area contributed by atoms with Gasteiger partial charge < -0.3 is 40.7 Å². The average molecular weight is 572 g/mol. The van der Waals surface area contributed by atoms with Crippen LogP contribution in [0.4, 0.5) is 31.9 Å². The molecule has 0 spiro atoms. The first-order valence-corrected chi connectivity index (χ1v) is 14.1. The number of nitrogens with one attached hydrogen (secondary N) is 4. The van der Waals surface area contributed by atoms with Crippen LogP contribution in [-0.4, -0.2) is 105 Å². The van der Waals surface area contributed by atoms with Crippen molar-refractivity contribution in [2.24, 2.45) is 0 Å². The fraction of sp³-hybridized carbons (Fsp3) is 0.556. The van der Waals surface area contributed by atoms with E-state index in [2.05, 4.69) is 26.3 Å². The minimum atomic E-state index is -2.82. The molecule has 0 aliphatic carbocycles. The highest BCUT2D eigenvalue weighted by molar-refractivity contribution is 5.87. The summed E-state index contributed by atoms with van der Waals surface area (Å²) in [6.07, 6.45) is -1.10. The van der Waals surface area contributed by atoms with Gasteiger partial charge in [0.15, 0.2) is 0 Å². The van der Waals surface area contributed by atoms with Gasteiger partial charge in [0.25, 0.3) is 6.43 Å². The Labute approximate surface area is 236 Å². The second-order valence-corrected chi connectivity index (χ2v) is 10.6. The Hall–Kier alpha value is -3.78. The topological polar surface area (TPSA) is 127 Å². The fourth-order valence-corrected chi connectivity index (χ4v) is 5.69. The van der Waals surface area contributed by atoms with Crippen molar-refractivity contribution in [1.29, 1.82) is 0 Å². The minimum absolute atomic E-state index is 0.0566. The molecule has 6 rings (SSSR count). The normalized spacial score (nSPS) is 21.8. The van der Waals surface area contributed by atoms with Crippen molar-refractivity contribution in [3.8, 4) is 0 Å². The van der Waals surface area contributed by atoms with Crippen LogP contribution in [0.25, 0.3) is 0 Å². The molecule has 1 atom stereocenters. The summed E-state index contributed by atoms with van der Waals surface area (Å²) in [5.74, 6) is 0.568. The van der Waals surface area contributed by atoms with Crippen molar-refractivity contribution < 1.29 is 23.1 Å². The third-order valence-corrected chi connectivity index (χ3v) is 8.06. The van der Waals surface area contributed by atoms with E-state index in [0.717, 1.165) is 19.4 Å². The number of hydrogen-bond donors (Lipinski definition) is 4. The Morgan fingerprint density at radius 1 is 1.02 bits per heavy atom. The van der Waals surface area contributed by atoms with E-state index in [1.165, 1.54) is 0 Å². The second kappa shape index (κ2) is 11.6. The molecule has 2 aromatic rings. The number of ether oxygens (including phenoxy) is 1. The smallest absolute Gasteiger partial charge is 0.285 e. The quantitative estimate of drug-likeness (QED) is 0.379. The van der Waals surface area contributed by atoms with Crippen LogP contribution < -0.4 is 31.1 Å². The Morgan fingerprint density at radius 3 is 2.37 bits per heavy atom. The lowest BCUT2D eigenvalue weighted by Crippen LogP contribution is -2.53. The molecular weight excluding hydrogens is 536 g/mol. The largest absolute Gasteiger partial charge is 0.378 e. The Balaban J connectivity index is 1.20. The maximum absolute atomic E-state index is 14.9. The number of fused-ring (bicyclic) bond motifs is 1. The van der Waals surface area contributed by atoms with E-state index >= 15 is 0 Å². The highest BCUT2D eigenvalue weighted by Crippen LogP contribution is 2.43. The Bertz CT molecular complexity index is 1240. The van der Waals surface area contributed by atoms with Gasteiger partial charge in [0.05, 0.1) is 42.9 Å². The van der Waals surface area contributed by atoms with Gasteiger partial charge in [0, 0.05) is 45.3 Å². The molecule has 3 fully saturated rings. The fourth-order valence-electron chi connectivity index (χ4n) is 5.69. The number of hydrogen-bond acceptors (Lipinski definition) is 10. The number of halogens is 2. The first-order chi connectivity index (χ1) is 19.9. The molecule has 4 aliphatic rings. The van der Waals surface area contributed by atoms with Crippen LogP contribution in [0.5, 0.6) is 0 Å². The zero-order chi connectivity index (χ0) is 28.4. The summed E-state index contributed by atoms with van der Waals surface area (Å²) in [6.45, 7) is 4.62. The van der Waals surface area contributed by atoms with Gasteiger partial charge in [0.1, 0.15) is 5.82 Å². The van der Waals surface area contributed by atoms with Crippen LogP contribution in [0.15, 0.2) is 30.3 Å². The average Bonchev–Trinajstić information content (AvgIpc) is 3.70. The van der Waals surface area contributed by atoms with Crippen molar-refractivity contribution in [3.05, 3.63) is 36.0 Å². The first kappa shape index (κ1) is 27.4. The number of benzene rings is 1. The summed E-state index contributed by atoms with van der Waals surface area (Å²) in [5.41, 5.74) is -0.642. The van der Waals surface area contributed by atoms with Gasteiger partial charge in [-0.1, -0.05) is 12.1 Å². The molecule has 14 heteroatoms. The summed E-state index contributed by atoms with van der Waals surface area (Å²) in [6, 6.07) is 8.46. The van der Waals surface area contributed by atoms with Crippen molar-refractivity contribution in [1.82, 2.24) is 25.5 Å². The molecule has 220 valence electrons. The highest BCUT2D eigenvalue weighted by atomic mass is 19.3. The maximum Gasteiger partial charge on any atom is 0.285 e. The molecule has 4 N–H and O–H groups in total. The van der Waals surface area contributed by atoms with Gasteiger partial charge in [-0.05, 0) is 31.5 Å². The Kier molecular flexibility index (Phi) is 7.75. The number of aromatic nitrogens is 2. The summed E-state index contributed by atoms with van der Waals surface area (Å²) < 4.78 is 35.2. The minimum Gasteiger partial charge on any atom is -0.378 e. The van der Waals surface area contributed by atoms with Gasteiger partial charge >= 0.3 is 0 Å². The number of rotatable bonds is 7. The molecule has 1 aromatic carbocycles. The van der Waals surface area contributed by atoms with Gasteiger partial charge in [0.2, 0.25) is 23.4 Å². The molecule has 0 saturated carbocycles. The van der Waals surface area contributed by atoms with E-state index < -0.39 is 12.1 Å². The van der Waals surface area contributed by atoms with Gasteiger partial charge in [-0.15, -0.1) is 0 Å². The Morgan fingerprint density at radius 2 is 1.73 bits per heavy atom. The summed E-state index contributed by atoms with van der Waals surface area (Å²) in [5, 5.41) is 11.8. The molecule has 5 heterocycles. The lowest BCUT2D eigenvalue weighted by Gasteiger charge is -2.37. The number of nitrogens with zero attached hydrogens (tertiary/aromatic N) is 5. The van der Waals surface area contributed by atoms with Gasteiger partial charge in [-0.3, -0.25) is 9.59 Å². The molecule has 0 bridgehead atoms. The zero-order valence-electron chi connectivity index (χ0n) is 22.7. The SMILES string of the molecule is O=C(NCC(=O)N1CCN(c2nc(N3CCOCC3)cc(C3(C(F)F)Nc4ccccc4N3)n2)CC1)[C@@H]1CCCN1. The number of carbonyl (C=O) groups excluding carboxylic acids is 2. The van der Waals surface area contributed by atoms with Crippen LogP contribution >= 0.6 is 0 Å². The third kappa shape index (κ3) is 5.58. The number of anilines is 4. The standard InChI is InChI=1S/C27H35F2N9O3/c28-25(29)27(34-18-4-1-2-5-19(18)35-27)21-16-22(36-12-14-41-15-13-36)33-26(32-21)38-10-8-37(9-11-38)23(39)17-31-24(40)20-6-3-7-30-20/h1-2,4-5,16,20,25,30,34-35H,3,6-15,17H2,(H,31,40)/t20-/m0/s1. The van der Waals surface area contributed by atoms with E-state index in [1.807, 2.05) is 9.80 Å². The number of carbonyl (C=O) groups is 2. The van der Waals surface area contributed by atoms with E-state index in [9.17, 15) is 18.4 Å². The number of piperazine rings is 1. The van der Waals surface area contributed by atoms with Crippen LogP contribution in [0.2, 0.25) is 0 Å². The third-order valence-electron chi connectivity index (χ3n) is 8.06. The first-order valence-electron chi connectivity index (χ1n) is 14.1. The number of amides is 2. The summed E-state index contributed by atoms with van der Waals surface area (Å²) >= 11 is 0. The lowest BCUT2D eigenvalue weighted by molar-refractivity contribution is -0.133. The monoisotopic (exact) mass is 571 g/mol. The predicted octanol–water partition coefficient (Wildman–Crippen LogP) is 0.786. The molecule has 0 unspecified atom stereocenters. The maximum atomic E-state index is 14.9. The molecular formula is C27H35F2N9O3. The molecule has 12 nitrogen and oxygen atoms in total. The van der Waals surface area contributed by atoms with E-state index in [0.29, 0.717) is 75.6 Å². The zero-order valence-corrected chi connectivity index (χ0v) is 22.7. The molecule has 2 amide bonds. The predicted molar refractivity (Wildman–Crippen MR) is 149 cm³/mol. The van der Waals surface area contributed by atoms with E-state index in [4.69, 9.17) is 9.72 Å². The van der Waals surface area contributed by atoms with Crippen molar-refractivity contribution in [3.63, 3.8) is 0 Å². The van der Waals surface area contributed by atoms with Crippen molar-refractivity contribution >= 4 is 35.0 Å². The van der Waals surface area contributed by atoms with Crippen LogP contribution in [-0.2, 0) is 20.0 Å². The van der Waals surface area contributed by atoms with Gasteiger partial charge in [-0.2, -0.15) is 4.98 Å². The molecule has 4 aliphatic heterocycles. The lowest BCUT2D eigenvalue weighted by atomic mass is 10.1. The molecule has 0 radical (unpaired) electrons. The van der Waals surface area contributed by atoms with E-state index in [1.54, 1.807) is 35.2 Å². The van der Waals surface area contributed by atoms with Crippen LogP contribution in [0, 0.1) is 0 Å². The summed E-state index contributed by atoms with van der Waals surface area (Å²) in [7, 11) is 0. The van der Waals surface area contributed by atoms with Crippen molar-refractivity contribution in [2.45, 2.75) is 31.0 Å². The highest BCUT2D eigenvalue weighted by Gasteiger charge is 2.48. The summed E-state index contributed by atoms with van der Waals surface area (Å²) in [4.78, 5) is 40.2. The second-order valence-electron chi connectivity index (χ2n) is 10.6. The van der Waals surface area contributed by atoms with Crippen LogP contribution in [0.1, 0.15) is 18.5 Å². The molecule has 3 saturated heterocycles. The molecule has 1 aromatic heterocycles.